The smallest absolute Gasteiger partial charge is 0.393 e. The van der Waals surface area contributed by atoms with Gasteiger partial charge in [0.05, 0.1) is 6.10 Å². The zero-order valence-corrected chi connectivity index (χ0v) is 18.9. The van der Waals surface area contributed by atoms with Crippen molar-refractivity contribution in [3.05, 3.63) is 51.1 Å². The molecule has 1 aliphatic heterocycles. The molecule has 0 spiro atoms. The van der Waals surface area contributed by atoms with E-state index in [1.54, 1.807) is 26.8 Å². The average molecular weight is 457 g/mol. The molecular formula is C20H29FN4O5S. The van der Waals surface area contributed by atoms with Gasteiger partial charge in [-0.25, -0.2) is 14.3 Å². The van der Waals surface area contributed by atoms with Gasteiger partial charge in [0, 0.05) is 19.0 Å². The lowest BCUT2D eigenvalue weighted by Gasteiger charge is -2.34. The molecule has 2 heterocycles. The summed E-state index contributed by atoms with van der Waals surface area (Å²) in [4.78, 5) is 11.6. The lowest BCUT2D eigenvalue weighted by atomic mass is 9.88. The second-order valence-electron chi connectivity index (χ2n) is 8.24. The summed E-state index contributed by atoms with van der Waals surface area (Å²) in [6.45, 7) is 7.35. The topological polar surface area (TPSA) is 129 Å². The Morgan fingerprint density at radius 1 is 1.35 bits per heavy atom. The number of hydrogen-bond acceptors (Lipinski definition) is 6. The largest absolute Gasteiger partial charge is 0.434 e. The van der Waals surface area contributed by atoms with Gasteiger partial charge in [-0.3, -0.25) is 0 Å². The molecule has 0 amide bonds. The average Bonchev–Trinajstić information content (AvgIpc) is 3.15. The number of halogens is 1. The van der Waals surface area contributed by atoms with Crippen LogP contribution in [0.25, 0.3) is 0 Å². The van der Waals surface area contributed by atoms with Crippen molar-refractivity contribution in [1.82, 2.24) is 19.2 Å². The first kappa shape index (κ1) is 23.6. The number of piperidine rings is 1. The fraction of sp³-hybridized carbons (Fsp3) is 0.600. The van der Waals surface area contributed by atoms with Crippen molar-refractivity contribution in [2.24, 2.45) is 5.92 Å². The summed E-state index contributed by atoms with van der Waals surface area (Å²) in [5, 5.41) is 15.8. The van der Waals surface area contributed by atoms with Crippen LogP contribution >= 0.6 is 0 Å². The number of aliphatic hydroxyl groups excluding tert-OH is 1. The van der Waals surface area contributed by atoms with Crippen molar-refractivity contribution in [1.29, 1.82) is 0 Å². The first-order valence-corrected chi connectivity index (χ1v) is 11.7. The third kappa shape index (κ3) is 5.05. The standard InChI is InChI=1S/C20H29FN4O5S/c1-11-7-8-16(21)17(12(11)2)13(3)18(19-22-23-20(27)30-19)24-31(28,29)25-9-5-6-15(10-25)14(4)26/h7-8,13-15,18,24,26H,5-6,9-10H2,1-4H3,(H,23,27)/t13-,14?,15?,18-/m1/s1. The molecule has 4 atom stereocenters. The van der Waals surface area contributed by atoms with E-state index < -0.39 is 39.8 Å². The minimum atomic E-state index is -4.04. The van der Waals surface area contributed by atoms with Crippen LogP contribution < -0.4 is 10.5 Å². The summed E-state index contributed by atoms with van der Waals surface area (Å²) in [6, 6.07) is 1.86. The van der Waals surface area contributed by atoms with Crippen LogP contribution in [-0.2, 0) is 10.2 Å². The first-order valence-electron chi connectivity index (χ1n) is 10.3. The van der Waals surface area contributed by atoms with Gasteiger partial charge in [-0.1, -0.05) is 13.0 Å². The number of aromatic amines is 1. The summed E-state index contributed by atoms with van der Waals surface area (Å²) in [6.07, 6.45) is 0.701. The van der Waals surface area contributed by atoms with Crippen LogP contribution in [0.3, 0.4) is 0 Å². The van der Waals surface area contributed by atoms with Gasteiger partial charge in [-0.05, 0) is 62.3 Å². The molecule has 1 saturated heterocycles. The van der Waals surface area contributed by atoms with E-state index >= 15 is 0 Å². The van der Waals surface area contributed by atoms with E-state index in [1.807, 2.05) is 6.92 Å². The maximum Gasteiger partial charge on any atom is 0.434 e. The zero-order chi connectivity index (χ0) is 22.9. The fourth-order valence-electron chi connectivity index (χ4n) is 4.09. The maximum atomic E-state index is 14.8. The minimum Gasteiger partial charge on any atom is -0.393 e. The summed E-state index contributed by atoms with van der Waals surface area (Å²) in [5.41, 5.74) is 1.85. The molecule has 0 bridgehead atoms. The van der Waals surface area contributed by atoms with Crippen molar-refractivity contribution >= 4 is 10.2 Å². The van der Waals surface area contributed by atoms with Crippen molar-refractivity contribution in [2.45, 2.75) is 58.6 Å². The summed E-state index contributed by atoms with van der Waals surface area (Å²) < 4.78 is 50.0. The van der Waals surface area contributed by atoms with Crippen LogP contribution in [0.2, 0.25) is 0 Å². The van der Waals surface area contributed by atoms with Gasteiger partial charge in [0.2, 0.25) is 5.89 Å². The van der Waals surface area contributed by atoms with Crippen LogP contribution in [-0.4, -0.2) is 47.2 Å². The van der Waals surface area contributed by atoms with E-state index in [0.29, 0.717) is 24.1 Å². The number of aliphatic hydroxyl groups is 1. The van der Waals surface area contributed by atoms with Crippen LogP contribution in [0.5, 0.6) is 0 Å². The Hall–Kier alpha value is -2.08. The van der Waals surface area contributed by atoms with Crippen LogP contribution in [0.15, 0.2) is 21.3 Å². The number of aryl methyl sites for hydroxylation is 1. The molecule has 0 saturated carbocycles. The second kappa shape index (κ2) is 9.19. The highest BCUT2D eigenvalue weighted by molar-refractivity contribution is 7.87. The SMILES string of the molecule is Cc1ccc(F)c([C@@H](C)[C@@H](NS(=O)(=O)N2CCCC(C(C)O)C2)c2n[nH]c(=O)o2)c1C. The lowest BCUT2D eigenvalue weighted by molar-refractivity contribution is 0.0879. The predicted octanol–water partition coefficient (Wildman–Crippen LogP) is 1.89. The van der Waals surface area contributed by atoms with Gasteiger partial charge >= 0.3 is 5.76 Å². The number of H-pyrrole nitrogens is 1. The maximum absolute atomic E-state index is 14.8. The number of nitrogens with zero attached hydrogens (tertiary/aromatic N) is 2. The number of benzene rings is 1. The number of hydrogen-bond donors (Lipinski definition) is 3. The number of nitrogens with one attached hydrogen (secondary N) is 2. The quantitative estimate of drug-likeness (QED) is 0.584. The summed E-state index contributed by atoms with van der Waals surface area (Å²) in [7, 11) is -4.04. The molecule has 1 aliphatic rings. The summed E-state index contributed by atoms with van der Waals surface area (Å²) >= 11 is 0. The Labute approximate surface area is 180 Å². The monoisotopic (exact) mass is 456 g/mol. The molecule has 1 fully saturated rings. The van der Waals surface area contributed by atoms with E-state index in [9.17, 15) is 22.7 Å². The molecule has 1 aromatic carbocycles. The third-order valence-corrected chi connectivity index (χ3v) is 7.69. The second-order valence-corrected chi connectivity index (χ2v) is 9.95. The molecular weight excluding hydrogens is 427 g/mol. The van der Waals surface area contributed by atoms with Gasteiger partial charge < -0.3 is 9.52 Å². The molecule has 1 aromatic heterocycles. The highest BCUT2D eigenvalue weighted by Gasteiger charge is 2.37. The van der Waals surface area contributed by atoms with Gasteiger partial charge in [0.25, 0.3) is 10.2 Å². The molecule has 3 rings (SSSR count). The Morgan fingerprint density at radius 2 is 2.06 bits per heavy atom. The van der Waals surface area contributed by atoms with Crippen molar-refractivity contribution in [2.75, 3.05) is 13.1 Å². The highest BCUT2D eigenvalue weighted by atomic mass is 32.2. The van der Waals surface area contributed by atoms with Gasteiger partial charge in [0.1, 0.15) is 11.9 Å². The predicted molar refractivity (Wildman–Crippen MR) is 112 cm³/mol. The van der Waals surface area contributed by atoms with Crippen molar-refractivity contribution in [3.63, 3.8) is 0 Å². The minimum absolute atomic E-state index is 0.163. The van der Waals surface area contributed by atoms with Crippen LogP contribution in [0.1, 0.15) is 61.2 Å². The molecule has 2 unspecified atom stereocenters. The van der Waals surface area contributed by atoms with Crippen molar-refractivity contribution < 1.29 is 22.3 Å². The molecule has 3 N–H and O–H groups in total. The van der Waals surface area contributed by atoms with E-state index in [4.69, 9.17) is 4.42 Å². The van der Waals surface area contributed by atoms with E-state index in [-0.39, 0.29) is 18.4 Å². The fourth-order valence-corrected chi connectivity index (χ4v) is 5.62. The zero-order valence-electron chi connectivity index (χ0n) is 18.1. The molecule has 9 nitrogen and oxygen atoms in total. The molecule has 2 aromatic rings. The first-order chi connectivity index (χ1) is 14.5. The molecule has 172 valence electrons. The third-order valence-electron chi connectivity index (χ3n) is 6.13. The van der Waals surface area contributed by atoms with Crippen molar-refractivity contribution in [3.8, 4) is 0 Å². The molecule has 0 radical (unpaired) electrons. The Morgan fingerprint density at radius 3 is 2.68 bits per heavy atom. The van der Waals surface area contributed by atoms with E-state index in [2.05, 4.69) is 14.9 Å². The number of rotatable bonds is 7. The molecule has 0 aliphatic carbocycles. The van der Waals surface area contributed by atoms with Gasteiger partial charge in [0.15, 0.2) is 0 Å². The van der Waals surface area contributed by atoms with Gasteiger partial charge in [-0.15, -0.1) is 5.10 Å². The Kier molecular flexibility index (Phi) is 6.99. The summed E-state index contributed by atoms with van der Waals surface area (Å²) in [5.74, 6) is -2.39. The van der Waals surface area contributed by atoms with E-state index in [1.165, 1.54) is 10.4 Å². The van der Waals surface area contributed by atoms with Gasteiger partial charge in [-0.2, -0.15) is 17.4 Å². The number of aromatic nitrogens is 2. The Bertz CT molecular complexity index is 1080. The van der Waals surface area contributed by atoms with E-state index in [0.717, 1.165) is 12.0 Å². The highest BCUT2D eigenvalue weighted by Crippen LogP contribution is 2.35. The Balaban J connectivity index is 1.97. The normalized spacial score (nSPS) is 21.0. The van der Waals surface area contributed by atoms with Crippen LogP contribution in [0, 0.1) is 25.6 Å². The van der Waals surface area contributed by atoms with Crippen LogP contribution in [0.4, 0.5) is 4.39 Å². The lowest BCUT2D eigenvalue weighted by Crippen LogP contribution is -2.49. The molecule has 11 heteroatoms. The molecule has 31 heavy (non-hydrogen) atoms.